The maximum absolute atomic E-state index is 12.8. The lowest BCUT2D eigenvalue weighted by Gasteiger charge is -2.07. The number of hydrogen-bond donors (Lipinski definition) is 1. The summed E-state index contributed by atoms with van der Waals surface area (Å²) in [7, 11) is 0. The molecule has 0 saturated carbocycles. The number of para-hydroxylation sites is 1. The first-order chi connectivity index (χ1) is 12.3. The van der Waals surface area contributed by atoms with Crippen molar-refractivity contribution in [1.82, 2.24) is 4.57 Å². The minimum Gasteiger partial charge on any atom is -0.337 e. The van der Waals surface area contributed by atoms with E-state index in [4.69, 9.17) is 11.6 Å². The zero-order chi connectivity index (χ0) is 18.9. The van der Waals surface area contributed by atoms with Crippen LogP contribution in [-0.4, -0.2) is 22.4 Å². The minimum absolute atomic E-state index is 0.147. The van der Waals surface area contributed by atoms with Crippen molar-refractivity contribution in [3.05, 3.63) is 65.3 Å². The Morgan fingerprint density at radius 3 is 2.35 bits per heavy atom. The molecule has 0 saturated heterocycles. The summed E-state index contributed by atoms with van der Waals surface area (Å²) in [5.41, 5.74) is 0.390. The highest BCUT2D eigenvalue weighted by atomic mass is 35.5. The number of nitrogens with one attached hydrogen (secondary N) is 1. The third-order valence-electron chi connectivity index (χ3n) is 3.73. The first kappa shape index (κ1) is 18.0. The number of fused-ring (bicyclic) bond motifs is 1. The average molecular weight is 381 g/mol. The summed E-state index contributed by atoms with van der Waals surface area (Å²) in [5.74, 6) is -2.38. The smallest absolute Gasteiger partial charge is 0.337 e. The van der Waals surface area contributed by atoms with Crippen LogP contribution in [0.2, 0.25) is 5.02 Å². The molecule has 3 aromatic rings. The highest BCUT2D eigenvalue weighted by Gasteiger charge is 2.40. The molecule has 26 heavy (non-hydrogen) atoms. The normalized spacial score (nSPS) is 11.5. The molecule has 0 atom stereocenters. The first-order valence-corrected chi connectivity index (χ1v) is 7.88. The van der Waals surface area contributed by atoms with Gasteiger partial charge in [-0.2, -0.15) is 13.2 Å². The van der Waals surface area contributed by atoms with E-state index < -0.39 is 23.4 Å². The average Bonchev–Trinajstić information content (AvgIpc) is 2.94. The molecule has 3 rings (SSSR count). The second-order valence-corrected chi connectivity index (χ2v) is 6.01. The molecule has 1 N–H and O–H groups in total. The number of anilines is 1. The van der Waals surface area contributed by atoms with E-state index in [0.717, 1.165) is 6.20 Å². The summed E-state index contributed by atoms with van der Waals surface area (Å²) >= 11 is 5.77. The number of carbonyl (C=O) groups excluding carboxylic acids is 2. The fraction of sp³-hybridized carbons (Fsp3) is 0.111. The maximum atomic E-state index is 12.8. The van der Waals surface area contributed by atoms with Crippen LogP contribution >= 0.6 is 11.6 Å². The summed E-state index contributed by atoms with van der Waals surface area (Å²) in [4.78, 5) is 23.9. The van der Waals surface area contributed by atoms with Crippen LogP contribution in [-0.2, 0) is 11.3 Å². The molecule has 0 aliphatic carbocycles. The van der Waals surface area contributed by atoms with E-state index in [1.54, 1.807) is 36.4 Å². The zero-order valence-corrected chi connectivity index (χ0v) is 13.9. The van der Waals surface area contributed by atoms with Crippen LogP contribution in [0.5, 0.6) is 0 Å². The van der Waals surface area contributed by atoms with Gasteiger partial charge in [0.1, 0.15) is 6.54 Å². The zero-order valence-electron chi connectivity index (χ0n) is 13.2. The van der Waals surface area contributed by atoms with Crippen LogP contribution < -0.4 is 5.32 Å². The van der Waals surface area contributed by atoms with Gasteiger partial charge in [-0.3, -0.25) is 9.59 Å². The number of carbonyl (C=O) groups is 2. The molecule has 1 aromatic heterocycles. The Hall–Kier alpha value is -2.80. The summed E-state index contributed by atoms with van der Waals surface area (Å²) in [6.07, 6.45) is -3.93. The minimum atomic E-state index is -4.99. The van der Waals surface area contributed by atoms with Crippen molar-refractivity contribution in [2.75, 3.05) is 5.32 Å². The van der Waals surface area contributed by atoms with Gasteiger partial charge in [0.15, 0.2) is 0 Å². The summed E-state index contributed by atoms with van der Waals surface area (Å²) in [6.45, 7) is -0.242. The highest BCUT2D eigenvalue weighted by Crippen LogP contribution is 2.28. The molecule has 0 spiro atoms. The van der Waals surface area contributed by atoms with Gasteiger partial charge in [0, 0.05) is 27.8 Å². The molecule has 0 fully saturated rings. The van der Waals surface area contributed by atoms with Crippen molar-refractivity contribution in [2.24, 2.45) is 0 Å². The van der Waals surface area contributed by atoms with E-state index in [1.807, 2.05) is 0 Å². The van der Waals surface area contributed by atoms with Crippen molar-refractivity contribution < 1.29 is 22.8 Å². The Bertz CT molecular complexity index is 978. The largest absolute Gasteiger partial charge is 0.454 e. The van der Waals surface area contributed by atoms with Crippen molar-refractivity contribution in [1.29, 1.82) is 0 Å². The molecule has 0 aliphatic heterocycles. The van der Waals surface area contributed by atoms with E-state index in [2.05, 4.69) is 5.32 Å². The lowest BCUT2D eigenvalue weighted by atomic mass is 10.1. The monoisotopic (exact) mass is 380 g/mol. The quantitative estimate of drug-likeness (QED) is 0.668. The predicted molar refractivity (Wildman–Crippen MR) is 92.4 cm³/mol. The topological polar surface area (TPSA) is 51.1 Å². The third-order valence-corrected chi connectivity index (χ3v) is 3.98. The number of ketones is 1. The van der Waals surface area contributed by atoms with Crippen molar-refractivity contribution in [2.45, 2.75) is 12.7 Å². The van der Waals surface area contributed by atoms with Gasteiger partial charge in [0.2, 0.25) is 5.91 Å². The summed E-state index contributed by atoms with van der Waals surface area (Å²) in [6, 6.07) is 12.5. The molecule has 2 aromatic carbocycles. The van der Waals surface area contributed by atoms with E-state index in [-0.39, 0.29) is 11.9 Å². The number of halogens is 4. The number of hydrogen-bond acceptors (Lipinski definition) is 2. The van der Waals surface area contributed by atoms with Crippen molar-refractivity contribution >= 4 is 39.9 Å². The van der Waals surface area contributed by atoms with Crippen molar-refractivity contribution in [3.63, 3.8) is 0 Å². The standard InChI is InChI=1S/C18H12ClF3N2O2/c19-11-5-7-12(8-6-11)23-16(25)10-24-9-14(17(26)18(20,21)22)13-3-1-2-4-15(13)24/h1-9H,10H2,(H,23,25). The Labute approximate surface area is 151 Å². The molecule has 0 radical (unpaired) electrons. The van der Waals surface area contributed by atoms with E-state index in [1.165, 1.54) is 16.7 Å². The molecular weight excluding hydrogens is 369 g/mol. The second kappa shape index (κ2) is 6.84. The van der Waals surface area contributed by atoms with Gasteiger partial charge in [-0.1, -0.05) is 29.8 Å². The Kier molecular flexibility index (Phi) is 4.73. The first-order valence-electron chi connectivity index (χ1n) is 7.50. The fourth-order valence-corrected chi connectivity index (χ4v) is 2.73. The molecule has 134 valence electrons. The molecule has 1 heterocycles. The van der Waals surface area contributed by atoms with Crippen LogP contribution in [0, 0.1) is 0 Å². The highest BCUT2D eigenvalue weighted by molar-refractivity contribution is 6.30. The number of amides is 1. The van der Waals surface area contributed by atoms with Gasteiger partial charge in [-0.15, -0.1) is 0 Å². The number of rotatable bonds is 4. The van der Waals surface area contributed by atoms with Crippen LogP contribution in [0.15, 0.2) is 54.7 Å². The molecule has 1 amide bonds. The van der Waals surface area contributed by atoms with Gasteiger partial charge in [0.05, 0.1) is 5.56 Å². The Morgan fingerprint density at radius 2 is 1.69 bits per heavy atom. The van der Waals surface area contributed by atoms with E-state index >= 15 is 0 Å². The predicted octanol–water partition coefficient (Wildman–Crippen LogP) is 4.68. The van der Waals surface area contributed by atoms with Gasteiger partial charge < -0.3 is 9.88 Å². The number of benzene rings is 2. The number of nitrogens with zero attached hydrogens (tertiary/aromatic N) is 1. The van der Waals surface area contributed by atoms with E-state index in [0.29, 0.717) is 16.2 Å². The lowest BCUT2D eigenvalue weighted by Crippen LogP contribution is -2.22. The van der Waals surface area contributed by atoms with Crippen molar-refractivity contribution in [3.8, 4) is 0 Å². The molecule has 0 aliphatic rings. The van der Waals surface area contributed by atoms with Gasteiger partial charge in [-0.05, 0) is 30.3 Å². The fourth-order valence-electron chi connectivity index (χ4n) is 2.60. The summed E-state index contributed by atoms with van der Waals surface area (Å²) in [5, 5.41) is 3.28. The van der Waals surface area contributed by atoms with Crippen LogP contribution in [0.1, 0.15) is 10.4 Å². The molecular formula is C18H12ClF3N2O2. The lowest BCUT2D eigenvalue weighted by molar-refractivity contribution is -0.116. The molecule has 0 unspecified atom stereocenters. The SMILES string of the molecule is O=C(Cn1cc(C(=O)C(F)(F)F)c2ccccc21)Nc1ccc(Cl)cc1. The number of alkyl halides is 3. The number of aromatic nitrogens is 1. The van der Waals surface area contributed by atoms with Gasteiger partial charge >= 0.3 is 6.18 Å². The van der Waals surface area contributed by atoms with E-state index in [9.17, 15) is 22.8 Å². The van der Waals surface area contributed by atoms with Crippen LogP contribution in [0.3, 0.4) is 0 Å². The molecule has 0 bridgehead atoms. The molecule has 4 nitrogen and oxygen atoms in total. The van der Waals surface area contributed by atoms with Crippen LogP contribution in [0.25, 0.3) is 10.9 Å². The maximum Gasteiger partial charge on any atom is 0.454 e. The second-order valence-electron chi connectivity index (χ2n) is 5.57. The van der Waals surface area contributed by atoms with Gasteiger partial charge in [0.25, 0.3) is 5.78 Å². The third kappa shape index (κ3) is 3.72. The Balaban J connectivity index is 1.89. The summed E-state index contributed by atoms with van der Waals surface area (Å²) < 4.78 is 39.7. The molecule has 8 heteroatoms. The number of Topliss-reactive ketones (excluding diaryl/α,β-unsaturated/α-hetero) is 1. The van der Waals surface area contributed by atoms with Gasteiger partial charge in [-0.25, -0.2) is 0 Å². The van der Waals surface area contributed by atoms with Crippen LogP contribution in [0.4, 0.5) is 18.9 Å². The Morgan fingerprint density at radius 1 is 1.04 bits per heavy atom.